The summed E-state index contributed by atoms with van der Waals surface area (Å²) in [6.07, 6.45) is 3.57. The average Bonchev–Trinajstić information content (AvgIpc) is 2.48. The fraction of sp³-hybridized carbons (Fsp3) is 0.143. The standard InChI is InChI=1S/C14H16N4O/c15-14(18-19)13-6-2-1-5-12(13)10-17-9-11-4-3-7-16-8-11/h1-8,17,19H,9-10H2,(H2,15,18). The van der Waals surface area contributed by atoms with Crippen LogP contribution in [-0.2, 0) is 13.1 Å². The van der Waals surface area contributed by atoms with Gasteiger partial charge >= 0.3 is 0 Å². The van der Waals surface area contributed by atoms with Crippen LogP contribution in [0.15, 0.2) is 53.9 Å². The first-order valence-electron chi connectivity index (χ1n) is 5.96. The second-order valence-electron chi connectivity index (χ2n) is 4.11. The molecule has 0 fully saturated rings. The van der Waals surface area contributed by atoms with E-state index in [1.807, 2.05) is 42.6 Å². The maximum absolute atomic E-state index is 8.75. The minimum atomic E-state index is 0.124. The summed E-state index contributed by atoms with van der Waals surface area (Å²) < 4.78 is 0. The van der Waals surface area contributed by atoms with E-state index in [9.17, 15) is 0 Å². The molecule has 0 amide bonds. The van der Waals surface area contributed by atoms with Gasteiger partial charge in [0.1, 0.15) is 0 Å². The van der Waals surface area contributed by atoms with Crippen molar-refractivity contribution in [3.05, 3.63) is 65.5 Å². The summed E-state index contributed by atoms with van der Waals surface area (Å²) >= 11 is 0. The molecular weight excluding hydrogens is 240 g/mol. The number of hydrogen-bond acceptors (Lipinski definition) is 4. The maximum Gasteiger partial charge on any atom is 0.170 e. The molecular formula is C14H16N4O. The molecule has 0 bridgehead atoms. The molecule has 2 aromatic rings. The molecule has 0 aliphatic heterocycles. The van der Waals surface area contributed by atoms with Gasteiger partial charge in [0.15, 0.2) is 5.84 Å². The summed E-state index contributed by atoms with van der Waals surface area (Å²) in [4.78, 5) is 4.06. The van der Waals surface area contributed by atoms with Crippen LogP contribution < -0.4 is 11.1 Å². The first-order valence-corrected chi connectivity index (χ1v) is 5.96. The third-order valence-electron chi connectivity index (χ3n) is 2.77. The minimum Gasteiger partial charge on any atom is -0.409 e. The largest absolute Gasteiger partial charge is 0.409 e. The van der Waals surface area contributed by atoms with Crippen LogP contribution in [0.5, 0.6) is 0 Å². The van der Waals surface area contributed by atoms with E-state index < -0.39 is 0 Å². The van der Waals surface area contributed by atoms with Crippen LogP contribution in [0.4, 0.5) is 0 Å². The second-order valence-corrected chi connectivity index (χ2v) is 4.11. The van der Waals surface area contributed by atoms with Crippen LogP contribution in [0, 0.1) is 0 Å². The van der Waals surface area contributed by atoms with Gasteiger partial charge in [0.2, 0.25) is 0 Å². The average molecular weight is 256 g/mol. The Labute approximate surface area is 111 Å². The van der Waals surface area contributed by atoms with Gasteiger partial charge < -0.3 is 16.3 Å². The summed E-state index contributed by atoms with van der Waals surface area (Å²) in [6, 6.07) is 11.5. The lowest BCUT2D eigenvalue weighted by Gasteiger charge is -2.09. The van der Waals surface area contributed by atoms with Crippen molar-refractivity contribution in [2.24, 2.45) is 10.9 Å². The molecule has 0 aliphatic carbocycles. The third-order valence-corrected chi connectivity index (χ3v) is 2.77. The number of nitrogens with two attached hydrogens (primary N) is 1. The van der Waals surface area contributed by atoms with E-state index >= 15 is 0 Å². The first kappa shape index (κ1) is 13.0. The van der Waals surface area contributed by atoms with Crippen LogP contribution in [0.25, 0.3) is 0 Å². The molecule has 0 aliphatic rings. The van der Waals surface area contributed by atoms with Crippen LogP contribution in [0.3, 0.4) is 0 Å². The number of nitrogens with one attached hydrogen (secondary N) is 1. The topological polar surface area (TPSA) is 83.5 Å². The number of aromatic nitrogens is 1. The molecule has 1 aromatic heterocycles. The van der Waals surface area contributed by atoms with Crippen molar-refractivity contribution in [1.82, 2.24) is 10.3 Å². The van der Waals surface area contributed by atoms with Crippen molar-refractivity contribution in [2.75, 3.05) is 0 Å². The van der Waals surface area contributed by atoms with E-state index in [0.29, 0.717) is 6.54 Å². The van der Waals surface area contributed by atoms with Crippen molar-refractivity contribution in [2.45, 2.75) is 13.1 Å². The highest BCUT2D eigenvalue weighted by molar-refractivity contribution is 5.98. The molecule has 19 heavy (non-hydrogen) atoms. The number of oxime groups is 1. The number of benzene rings is 1. The van der Waals surface area contributed by atoms with E-state index in [4.69, 9.17) is 10.9 Å². The van der Waals surface area contributed by atoms with E-state index in [0.717, 1.165) is 23.2 Å². The van der Waals surface area contributed by atoms with Gasteiger partial charge in [-0.1, -0.05) is 35.5 Å². The second kappa shape index (κ2) is 6.51. The van der Waals surface area contributed by atoms with Gasteiger partial charge in [0.05, 0.1) is 0 Å². The molecule has 0 radical (unpaired) electrons. The van der Waals surface area contributed by atoms with Crippen molar-refractivity contribution >= 4 is 5.84 Å². The summed E-state index contributed by atoms with van der Waals surface area (Å²) in [5.74, 6) is 0.124. The van der Waals surface area contributed by atoms with E-state index in [2.05, 4.69) is 15.5 Å². The smallest absolute Gasteiger partial charge is 0.170 e. The monoisotopic (exact) mass is 256 g/mol. The highest BCUT2D eigenvalue weighted by Crippen LogP contribution is 2.08. The van der Waals surface area contributed by atoms with Gasteiger partial charge in [-0.2, -0.15) is 0 Å². The molecule has 0 unspecified atom stereocenters. The van der Waals surface area contributed by atoms with E-state index in [1.165, 1.54) is 0 Å². The number of nitrogens with zero attached hydrogens (tertiary/aromatic N) is 2. The Kier molecular flexibility index (Phi) is 4.47. The van der Waals surface area contributed by atoms with Crippen molar-refractivity contribution < 1.29 is 5.21 Å². The molecule has 0 saturated heterocycles. The van der Waals surface area contributed by atoms with Gasteiger partial charge in [-0.3, -0.25) is 4.98 Å². The zero-order valence-corrected chi connectivity index (χ0v) is 10.5. The number of pyridine rings is 1. The first-order chi connectivity index (χ1) is 9.31. The van der Waals surface area contributed by atoms with Crippen LogP contribution in [-0.4, -0.2) is 16.0 Å². The van der Waals surface area contributed by atoms with Crippen LogP contribution >= 0.6 is 0 Å². The van der Waals surface area contributed by atoms with E-state index in [-0.39, 0.29) is 5.84 Å². The molecule has 0 saturated carbocycles. The molecule has 98 valence electrons. The van der Waals surface area contributed by atoms with Crippen LogP contribution in [0.2, 0.25) is 0 Å². The fourth-order valence-electron chi connectivity index (χ4n) is 1.82. The highest BCUT2D eigenvalue weighted by atomic mass is 16.4. The predicted octanol–water partition coefficient (Wildman–Crippen LogP) is 1.47. The zero-order valence-electron chi connectivity index (χ0n) is 10.5. The highest BCUT2D eigenvalue weighted by Gasteiger charge is 2.05. The number of hydrogen-bond donors (Lipinski definition) is 3. The molecule has 1 heterocycles. The van der Waals surface area contributed by atoms with Crippen molar-refractivity contribution in [1.29, 1.82) is 0 Å². The predicted molar refractivity (Wildman–Crippen MR) is 73.7 cm³/mol. The Bertz CT molecular complexity index is 554. The Hall–Kier alpha value is -2.40. The molecule has 5 nitrogen and oxygen atoms in total. The SMILES string of the molecule is NC(=NO)c1ccccc1CNCc1cccnc1. The van der Waals surface area contributed by atoms with Crippen LogP contribution in [0.1, 0.15) is 16.7 Å². The Morgan fingerprint density at radius 2 is 2.05 bits per heavy atom. The lowest BCUT2D eigenvalue weighted by atomic mass is 10.1. The number of amidine groups is 1. The fourth-order valence-corrected chi connectivity index (χ4v) is 1.82. The minimum absolute atomic E-state index is 0.124. The lowest BCUT2D eigenvalue weighted by Crippen LogP contribution is -2.19. The molecule has 0 spiro atoms. The molecule has 1 aromatic carbocycles. The summed E-state index contributed by atoms with van der Waals surface area (Å²) in [5, 5.41) is 15.1. The summed E-state index contributed by atoms with van der Waals surface area (Å²) in [7, 11) is 0. The number of rotatable bonds is 5. The lowest BCUT2D eigenvalue weighted by molar-refractivity contribution is 0.318. The maximum atomic E-state index is 8.75. The Morgan fingerprint density at radius 3 is 2.79 bits per heavy atom. The van der Waals surface area contributed by atoms with Gasteiger partial charge in [-0.25, -0.2) is 0 Å². The molecule has 5 heteroatoms. The third kappa shape index (κ3) is 3.53. The molecule has 2 rings (SSSR count). The van der Waals surface area contributed by atoms with E-state index in [1.54, 1.807) is 6.20 Å². The quantitative estimate of drug-likeness (QED) is 0.327. The van der Waals surface area contributed by atoms with Gasteiger partial charge in [-0.15, -0.1) is 0 Å². The van der Waals surface area contributed by atoms with Gasteiger partial charge in [-0.05, 0) is 17.2 Å². The van der Waals surface area contributed by atoms with Gasteiger partial charge in [0, 0.05) is 31.0 Å². The Morgan fingerprint density at radius 1 is 1.21 bits per heavy atom. The Balaban J connectivity index is 2.00. The molecule has 4 N–H and O–H groups in total. The van der Waals surface area contributed by atoms with Gasteiger partial charge in [0.25, 0.3) is 0 Å². The summed E-state index contributed by atoms with van der Waals surface area (Å²) in [5.41, 5.74) is 8.48. The molecule has 0 atom stereocenters. The van der Waals surface area contributed by atoms with Crippen molar-refractivity contribution in [3.63, 3.8) is 0 Å². The summed E-state index contributed by atoms with van der Waals surface area (Å²) in [6.45, 7) is 1.36. The zero-order chi connectivity index (χ0) is 13.5. The van der Waals surface area contributed by atoms with Crippen molar-refractivity contribution in [3.8, 4) is 0 Å². The normalized spacial score (nSPS) is 11.5.